The monoisotopic (exact) mass is 384 g/mol. The van der Waals surface area contributed by atoms with E-state index in [2.05, 4.69) is 0 Å². The van der Waals surface area contributed by atoms with Gasteiger partial charge in [-0.15, -0.1) is 0 Å². The molecule has 6 heteroatoms. The molecule has 0 radical (unpaired) electrons. The molecule has 0 amide bonds. The summed E-state index contributed by atoms with van der Waals surface area (Å²) in [6.07, 6.45) is 6.23. The highest BCUT2D eigenvalue weighted by Gasteiger charge is 2.08. The van der Waals surface area contributed by atoms with Crippen molar-refractivity contribution in [3.63, 3.8) is 0 Å². The van der Waals surface area contributed by atoms with E-state index < -0.39 is 0 Å². The van der Waals surface area contributed by atoms with Crippen LogP contribution in [0.4, 0.5) is 11.4 Å². The van der Waals surface area contributed by atoms with Crippen LogP contribution in [0.5, 0.6) is 11.5 Å². The Labute approximate surface area is 165 Å². The summed E-state index contributed by atoms with van der Waals surface area (Å²) in [7, 11) is 0. The molecular formula is C22H28N2O4. The molecule has 0 saturated carbocycles. The molecule has 2 rings (SSSR count). The van der Waals surface area contributed by atoms with Crippen LogP contribution >= 0.6 is 0 Å². The predicted molar refractivity (Wildman–Crippen MR) is 110 cm³/mol. The maximum Gasteiger partial charge on any atom is 0.311 e. The average Bonchev–Trinajstić information content (AvgIpc) is 2.67. The number of nitrogen functional groups attached to an aromatic ring is 2. The number of carbonyl (C=O) groups excluding carboxylic acids is 2. The van der Waals surface area contributed by atoms with E-state index in [0.29, 0.717) is 35.7 Å². The second-order valence-corrected chi connectivity index (χ2v) is 6.65. The first kappa shape index (κ1) is 21.3. The van der Waals surface area contributed by atoms with Gasteiger partial charge in [0.05, 0.1) is 11.4 Å². The van der Waals surface area contributed by atoms with Gasteiger partial charge in [-0.25, -0.2) is 0 Å². The summed E-state index contributed by atoms with van der Waals surface area (Å²) in [5.74, 6) is 0.301. The number of hydrogen-bond donors (Lipinski definition) is 2. The van der Waals surface area contributed by atoms with Crippen LogP contribution in [-0.4, -0.2) is 11.9 Å². The predicted octanol–water partition coefficient (Wildman–Crippen LogP) is 4.48. The minimum atomic E-state index is -0.263. The third kappa shape index (κ3) is 7.70. The minimum absolute atomic E-state index is 0.263. The zero-order valence-corrected chi connectivity index (χ0v) is 16.1. The number of rotatable bonds is 11. The zero-order valence-electron chi connectivity index (χ0n) is 16.1. The summed E-state index contributed by atoms with van der Waals surface area (Å²) >= 11 is 0. The summed E-state index contributed by atoms with van der Waals surface area (Å²) in [6.45, 7) is 0. The number of anilines is 2. The molecule has 0 heterocycles. The van der Waals surface area contributed by atoms with Crippen LogP contribution in [0.1, 0.15) is 51.4 Å². The fourth-order valence-corrected chi connectivity index (χ4v) is 2.74. The van der Waals surface area contributed by atoms with Crippen LogP contribution in [0, 0.1) is 0 Å². The number of hydrogen-bond acceptors (Lipinski definition) is 6. The summed E-state index contributed by atoms with van der Waals surface area (Å²) < 4.78 is 10.5. The first-order chi connectivity index (χ1) is 13.6. The fourth-order valence-electron chi connectivity index (χ4n) is 2.74. The topological polar surface area (TPSA) is 105 Å². The first-order valence-corrected chi connectivity index (χ1v) is 9.66. The standard InChI is InChI=1S/C22H28N2O4/c23-17-11-7-9-13-19(17)27-21(25)15-5-3-1-2-4-6-16-22(26)28-20-14-10-8-12-18(20)24/h7-14H,1-6,15-16,23-24H2. The van der Waals surface area contributed by atoms with Crippen molar-refractivity contribution in [1.82, 2.24) is 0 Å². The Morgan fingerprint density at radius 2 is 0.964 bits per heavy atom. The molecule has 6 nitrogen and oxygen atoms in total. The fraction of sp³-hybridized carbons (Fsp3) is 0.364. The van der Waals surface area contributed by atoms with Crippen LogP contribution in [0.15, 0.2) is 48.5 Å². The third-order valence-corrected chi connectivity index (χ3v) is 4.30. The van der Waals surface area contributed by atoms with E-state index in [4.69, 9.17) is 20.9 Å². The molecule has 0 aliphatic heterocycles. The van der Waals surface area contributed by atoms with Gasteiger partial charge in [0.25, 0.3) is 0 Å². The van der Waals surface area contributed by atoms with E-state index in [9.17, 15) is 9.59 Å². The van der Waals surface area contributed by atoms with Crippen molar-refractivity contribution in [1.29, 1.82) is 0 Å². The Bertz CT molecular complexity index is 711. The molecule has 0 unspecified atom stereocenters. The Morgan fingerprint density at radius 3 is 1.36 bits per heavy atom. The van der Waals surface area contributed by atoms with Gasteiger partial charge < -0.3 is 20.9 Å². The molecule has 28 heavy (non-hydrogen) atoms. The minimum Gasteiger partial charge on any atom is -0.424 e. The highest BCUT2D eigenvalue weighted by molar-refractivity contribution is 5.75. The molecule has 0 aromatic heterocycles. The van der Waals surface area contributed by atoms with Crippen molar-refractivity contribution in [2.24, 2.45) is 0 Å². The SMILES string of the molecule is Nc1ccccc1OC(=O)CCCCCCCCC(=O)Oc1ccccc1N. The molecule has 0 spiro atoms. The zero-order chi connectivity index (χ0) is 20.2. The van der Waals surface area contributed by atoms with Crippen molar-refractivity contribution in [3.8, 4) is 11.5 Å². The molecule has 2 aromatic rings. The van der Waals surface area contributed by atoms with E-state index in [0.717, 1.165) is 38.5 Å². The lowest BCUT2D eigenvalue weighted by atomic mass is 10.1. The van der Waals surface area contributed by atoms with Crippen LogP contribution < -0.4 is 20.9 Å². The Hall–Kier alpha value is -3.02. The van der Waals surface area contributed by atoms with Gasteiger partial charge in [-0.3, -0.25) is 9.59 Å². The maximum absolute atomic E-state index is 11.8. The average molecular weight is 384 g/mol. The number of esters is 2. The number of nitrogens with two attached hydrogens (primary N) is 2. The summed E-state index contributed by atoms with van der Waals surface area (Å²) in [4.78, 5) is 23.6. The molecule has 150 valence electrons. The Morgan fingerprint density at radius 1 is 0.607 bits per heavy atom. The van der Waals surface area contributed by atoms with E-state index in [-0.39, 0.29) is 11.9 Å². The van der Waals surface area contributed by atoms with Gasteiger partial charge >= 0.3 is 11.9 Å². The van der Waals surface area contributed by atoms with Crippen LogP contribution in [0.2, 0.25) is 0 Å². The van der Waals surface area contributed by atoms with Gasteiger partial charge in [-0.1, -0.05) is 49.9 Å². The largest absolute Gasteiger partial charge is 0.424 e. The molecule has 0 fully saturated rings. The maximum atomic E-state index is 11.8. The number of benzene rings is 2. The molecule has 0 aliphatic carbocycles. The van der Waals surface area contributed by atoms with E-state index in [1.54, 1.807) is 48.5 Å². The second kappa shape index (κ2) is 11.6. The number of ether oxygens (including phenoxy) is 2. The van der Waals surface area contributed by atoms with Crippen molar-refractivity contribution in [2.45, 2.75) is 51.4 Å². The molecular weight excluding hydrogens is 356 g/mol. The van der Waals surface area contributed by atoms with Gasteiger partial charge in [-0.2, -0.15) is 0 Å². The quantitative estimate of drug-likeness (QED) is 0.256. The van der Waals surface area contributed by atoms with E-state index >= 15 is 0 Å². The van der Waals surface area contributed by atoms with Crippen molar-refractivity contribution < 1.29 is 19.1 Å². The lowest BCUT2D eigenvalue weighted by Crippen LogP contribution is -2.09. The van der Waals surface area contributed by atoms with Gasteiger partial charge in [0, 0.05) is 12.8 Å². The molecule has 0 saturated heterocycles. The second-order valence-electron chi connectivity index (χ2n) is 6.65. The first-order valence-electron chi connectivity index (χ1n) is 9.66. The van der Waals surface area contributed by atoms with Crippen molar-refractivity contribution >= 4 is 23.3 Å². The molecule has 2 aromatic carbocycles. The highest BCUT2D eigenvalue weighted by atomic mass is 16.5. The molecule has 0 atom stereocenters. The van der Waals surface area contributed by atoms with Crippen LogP contribution in [-0.2, 0) is 9.59 Å². The van der Waals surface area contributed by atoms with Crippen LogP contribution in [0.25, 0.3) is 0 Å². The van der Waals surface area contributed by atoms with Crippen molar-refractivity contribution in [3.05, 3.63) is 48.5 Å². The van der Waals surface area contributed by atoms with Gasteiger partial charge in [0.1, 0.15) is 0 Å². The Kier molecular flexibility index (Phi) is 8.85. The summed E-state index contributed by atoms with van der Waals surface area (Å²) in [6, 6.07) is 13.9. The number of unbranched alkanes of at least 4 members (excludes halogenated alkanes) is 5. The molecule has 4 N–H and O–H groups in total. The number of carbonyl (C=O) groups is 2. The smallest absolute Gasteiger partial charge is 0.311 e. The molecule has 0 bridgehead atoms. The van der Waals surface area contributed by atoms with E-state index in [1.165, 1.54) is 0 Å². The lowest BCUT2D eigenvalue weighted by Gasteiger charge is -2.07. The summed E-state index contributed by atoms with van der Waals surface area (Å²) in [5.41, 5.74) is 12.4. The normalized spacial score (nSPS) is 10.4. The lowest BCUT2D eigenvalue weighted by molar-refractivity contribution is -0.135. The van der Waals surface area contributed by atoms with Crippen molar-refractivity contribution in [2.75, 3.05) is 11.5 Å². The van der Waals surface area contributed by atoms with Gasteiger partial charge in [-0.05, 0) is 37.1 Å². The third-order valence-electron chi connectivity index (χ3n) is 4.30. The van der Waals surface area contributed by atoms with Gasteiger partial charge in [0.2, 0.25) is 0 Å². The van der Waals surface area contributed by atoms with Crippen LogP contribution in [0.3, 0.4) is 0 Å². The summed E-state index contributed by atoms with van der Waals surface area (Å²) in [5, 5.41) is 0. The van der Waals surface area contributed by atoms with Gasteiger partial charge in [0.15, 0.2) is 11.5 Å². The van der Waals surface area contributed by atoms with E-state index in [1.807, 2.05) is 0 Å². The molecule has 0 aliphatic rings. The Balaban J connectivity index is 1.48. The highest BCUT2D eigenvalue weighted by Crippen LogP contribution is 2.21. The number of para-hydroxylation sites is 4.